The molecule has 1 heterocycles. The maximum Gasteiger partial charge on any atom is 0.227 e. The predicted molar refractivity (Wildman–Crippen MR) is 93.5 cm³/mol. The predicted octanol–water partition coefficient (Wildman–Crippen LogP) is 1.87. The molecule has 22 heavy (non-hydrogen) atoms. The van der Waals surface area contributed by atoms with E-state index in [-0.39, 0.29) is 36.6 Å². The molecule has 1 aliphatic rings. The number of nitrogens with zero attached hydrogens (tertiary/aromatic N) is 1. The molecule has 1 fully saturated rings. The lowest BCUT2D eigenvalue weighted by atomic mass is 10.1. The maximum atomic E-state index is 12.1. The number of benzene rings is 1. The van der Waals surface area contributed by atoms with Gasteiger partial charge in [-0.3, -0.25) is 9.59 Å². The number of rotatable bonds is 5. The minimum Gasteiger partial charge on any atom is -0.355 e. The fraction of sp³-hybridized carbons (Fsp3) is 0.467. The molecule has 0 radical (unpaired) electrons. The van der Waals surface area contributed by atoms with Crippen molar-refractivity contribution in [2.24, 2.45) is 5.92 Å². The van der Waals surface area contributed by atoms with Crippen LogP contribution >= 0.6 is 28.3 Å². The van der Waals surface area contributed by atoms with Gasteiger partial charge in [0, 0.05) is 36.2 Å². The molecule has 1 aliphatic heterocycles. The van der Waals surface area contributed by atoms with E-state index < -0.39 is 0 Å². The highest BCUT2D eigenvalue weighted by Crippen LogP contribution is 2.28. The zero-order valence-corrected chi connectivity index (χ0v) is 15.1. The van der Waals surface area contributed by atoms with E-state index in [1.54, 1.807) is 4.90 Å². The first-order chi connectivity index (χ1) is 10.0. The Morgan fingerprint density at radius 2 is 2.14 bits per heavy atom. The van der Waals surface area contributed by atoms with E-state index in [2.05, 4.69) is 26.6 Å². The highest BCUT2D eigenvalue weighted by molar-refractivity contribution is 9.10. The van der Waals surface area contributed by atoms with Crippen LogP contribution in [0.5, 0.6) is 0 Å². The molecule has 122 valence electrons. The number of amides is 2. The van der Waals surface area contributed by atoms with Crippen LogP contribution < -0.4 is 15.5 Å². The van der Waals surface area contributed by atoms with E-state index >= 15 is 0 Å². The fourth-order valence-electron chi connectivity index (χ4n) is 2.38. The SMILES string of the molecule is CNCCNC(=O)C1CC(=O)N(c2ccc(Br)c(C)c2)C1.Cl. The molecule has 2 rings (SSSR count). The van der Waals surface area contributed by atoms with Crippen LogP contribution in [-0.4, -0.2) is 38.5 Å². The van der Waals surface area contributed by atoms with Crippen molar-refractivity contribution >= 4 is 45.8 Å². The average Bonchev–Trinajstić information content (AvgIpc) is 2.84. The number of carbonyl (C=O) groups excluding carboxylic acids is 2. The van der Waals surface area contributed by atoms with Gasteiger partial charge in [-0.15, -0.1) is 12.4 Å². The third-order valence-electron chi connectivity index (χ3n) is 3.62. The second kappa shape index (κ2) is 8.50. The van der Waals surface area contributed by atoms with Crippen molar-refractivity contribution in [1.82, 2.24) is 10.6 Å². The molecule has 2 amide bonds. The molecule has 2 N–H and O–H groups in total. The summed E-state index contributed by atoms with van der Waals surface area (Å²) < 4.78 is 1.01. The van der Waals surface area contributed by atoms with Crippen LogP contribution in [0.3, 0.4) is 0 Å². The fourth-order valence-corrected chi connectivity index (χ4v) is 2.63. The zero-order valence-electron chi connectivity index (χ0n) is 12.7. The third kappa shape index (κ3) is 4.44. The Bertz CT molecular complexity index is 554. The van der Waals surface area contributed by atoms with Crippen molar-refractivity contribution in [3.63, 3.8) is 0 Å². The van der Waals surface area contributed by atoms with Gasteiger partial charge < -0.3 is 15.5 Å². The quantitative estimate of drug-likeness (QED) is 0.755. The highest BCUT2D eigenvalue weighted by atomic mass is 79.9. The van der Waals surface area contributed by atoms with Crippen molar-refractivity contribution in [2.75, 3.05) is 31.6 Å². The summed E-state index contributed by atoms with van der Waals surface area (Å²) in [4.78, 5) is 25.9. The molecule has 0 bridgehead atoms. The minimum atomic E-state index is -0.265. The molecule has 0 aliphatic carbocycles. The van der Waals surface area contributed by atoms with Gasteiger partial charge in [0.25, 0.3) is 0 Å². The highest BCUT2D eigenvalue weighted by Gasteiger charge is 2.34. The maximum absolute atomic E-state index is 12.1. The lowest BCUT2D eigenvalue weighted by Crippen LogP contribution is -2.36. The summed E-state index contributed by atoms with van der Waals surface area (Å²) in [5, 5.41) is 5.82. The van der Waals surface area contributed by atoms with Crippen LogP contribution in [0.25, 0.3) is 0 Å². The monoisotopic (exact) mass is 389 g/mol. The van der Waals surface area contributed by atoms with Crippen LogP contribution in [0.1, 0.15) is 12.0 Å². The van der Waals surface area contributed by atoms with Gasteiger partial charge in [-0.25, -0.2) is 0 Å². The normalized spacial score (nSPS) is 17.3. The summed E-state index contributed by atoms with van der Waals surface area (Å²) >= 11 is 3.45. The van der Waals surface area contributed by atoms with Gasteiger partial charge in [0.15, 0.2) is 0 Å². The van der Waals surface area contributed by atoms with E-state index in [1.807, 2.05) is 32.2 Å². The third-order valence-corrected chi connectivity index (χ3v) is 4.51. The molecule has 7 heteroatoms. The first-order valence-corrected chi connectivity index (χ1v) is 7.81. The molecule has 0 spiro atoms. The van der Waals surface area contributed by atoms with Gasteiger partial charge in [0.1, 0.15) is 0 Å². The Morgan fingerprint density at radius 3 is 2.77 bits per heavy atom. The van der Waals surface area contributed by atoms with E-state index in [0.717, 1.165) is 22.3 Å². The van der Waals surface area contributed by atoms with Gasteiger partial charge in [-0.2, -0.15) is 0 Å². The first kappa shape index (κ1) is 18.9. The van der Waals surface area contributed by atoms with Gasteiger partial charge in [0.2, 0.25) is 11.8 Å². The molecule has 5 nitrogen and oxygen atoms in total. The Balaban J connectivity index is 0.00000242. The number of nitrogens with one attached hydrogen (secondary N) is 2. The number of likely N-dealkylation sites (N-methyl/N-ethyl adjacent to an activating group) is 1. The summed E-state index contributed by atoms with van der Waals surface area (Å²) in [6, 6.07) is 5.79. The average molecular weight is 391 g/mol. The van der Waals surface area contributed by atoms with Crippen molar-refractivity contribution in [3.8, 4) is 0 Å². The van der Waals surface area contributed by atoms with E-state index in [0.29, 0.717) is 13.1 Å². The van der Waals surface area contributed by atoms with Crippen molar-refractivity contribution in [2.45, 2.75) is 13.3 Å². The van der Waals surface area contributed by atoms with Gasteiger partial charge in [-0.1, -0.05) is 15.9 Å². The van der Waals surface area contributed by atoms with Crippen LogP contribution in [0, 0.1) is 12.8 Å². The van der Waals surface area contributed by atoms with E-state index in [4.69, 9.17) is 0 Å². The van der Waals surface area contributed by atoms with Gasteiger partial charge in [0.05, 0.1) is 5.92 Å². The summed E-state index contributed by atoms with van der Waals surface area (Å²) in [5.41, 5.74) is 1.92. The summed E-state index contributed by atoms with van der Waals surface area (Å²) in [5.74, 6) is -0.307. The van der Waals surface area contributed by atoms with Crippen LogP contribution in [0.15, 0.2) is 22.7 Å². The van der Waals surface area contributed by atoms with E-state index in [1.165, 1.54) is 0 Å². The van der Waals surface area contributed by atoms with Crippen molar-refractivity contribution in [3.05, 3.63) is 28.2 Å². The number of carbonyl (C=O) groups is 2. The Hall–Kier alpha value is -1.11. The van der Waals surface area contributed by atoms with Gasteiger partial charge in [-0.05, 0) is 37.7 Å². The molecule has 1 aromatic carbocycles. The van der Waals surface area contributed by atoms with Crippen LogP contribution in [0.4, 0.5) is 5.69 Å². The number of anilines is 1. The number of hydrogen-bond donors (Lipinski definition) is 2. The lowest BCUT2D eigenvalue weighted by molar-refractivity contribution is -0.126. The molecule has 1 unspecified atom stereocenters. The molecule has 0 saturated carbocycles. The largest absolute Gasteiger partial charge is 0.355 e. The molecular weight excluding hydrogens is 370 g/mol. The number of hydrogen-bond acceptors (Lipinski definition) is 3. The van der Waals surface area contributed by atoms with Crippen molar-refractivity contribution in [1.29, 1.82) is 0 Å². The Morgan fingerprint density at radius 1 is 1.41 bits per heavy atom. The minimum absolute atomic E-state index is 0. The van der Waals surface area contributed by atoms with E-state index in [9.17, 15) is 9.59 Å². The zero-order chi connectivity index (χ0) is 15.4. The van der Waals surface area contributed by atoms with Gasteiger partial charge >= 0.3 is 0 Å². The standard InChI is InChI=1S/C15H20BrN3O2.ClH/c1-10-7-12(3-4-13(10)16)19-9-11(8-14(19)20)15(21)18-6-5-17-2;/h3-4,7,11,17H,5-6,8-9H2,1-2H3,(H,18,21);1H. The number of aryl methyl sites for hydroxylation is 1. The smallest absolute Gasteiger partial charge is 0.227 e. The first-order valence-electron chi connectivity index (χ1n) is 7.01. The number of halogens is 2. The summed E-state index contributed by atoms with van der Waals surface area (Å²) in [7, 11) is 1.84. The molecule has 1 aromatic rings. The molecule has 1 atom stereocenters. The molecule has 1 saturated heterocycles. The Kier molecular flexibility index (Phi) is 7.32. The van der Waals surface area contributed by atoms with Crippen LogP contribution in [0.2, 0.25) is 0 Å². The second-order valence-corrected chi connectivity index (χ2v) is 6.09. The molecule has 0 aromatic heterocycles. The van der Waals surface area contributed by atoms with Crippen LogP contribution in [-0.2, 0) is 9.59 Å². The topological polar surface area (TPSA) is 61.4 Å². The second-order valence-electron chi connectivity index (χ2n) is 5.23. The Labute approximate surface area is 145 Å². The lowest BCUT2D eigenvalue weighted by Gasteiger charge is -2.17. The molecular formula is C15H21BrClN3O2. The summed E-state index contributed by atoms with van der Waals surface area (Å²) in [6.45, 7) is 3.74. The summed E-state index contributed by atoms with van der Waals surface area (Å²) in [6.07, 6.45) is 0.278. The van der Waals surface area contributed by atoms with Crippen molar-refractivity contribution < 1.29 is 9.59 Å².